The number of aromatic nitrogens is 4. The van der Waals surface area contributed by atoms with Crippen molar-refractivity contribution >= 4 is 65.7 Å². The Morgan fingerprint density at radius 1 is 0.298 bits per heavy atom. The fourth-order valence-electron chi connectivity index (χ4n) is 8.31. The molecule has 12 rings (SSSR count). The number of rotatable bonds is 5. The lowest BCUT2D eigenvalue weighted by Crippen LogP contribution is -2.00. The molecule has 0 amide bonds. The van der Waals surface area contributed by atoms with Gasteiger partial charge < -0.3 is 13.4 Å². The zero-order chi connectivity index (χ0) is 37.5. The molecular weight excluding hydrogens is 701 g/mol. The van der Waals surface area contributed by atoms with Crippen LogP contribution in [-0.2, 0) is 0 Å². The molecule has 6 heteroatoms. The zero-order valence-electron chi connectivity index (χ0n) is 30.4. The zero-order valence-corrected chi connectivity index (χ0v) is 30.4. The van der Waals surface area contributed by atoms with Gasteiger partial charge in [-0.15, -0.1) is 0 Å². The Balaban J connectivity index is 0.949. The van der Waals surface area contributed by atoms with E-state index in [-0.39, 0.29) is 0 Å². The van der Waals surface area contributed by atoms with Crippen LogP contribution in [0.4, 0.5) is 0 Å². The monoisotopic (exact) mass is 730 g/mol. The number of hydrogen-bond acceptors (Lipinski definition) is 5. The van der Waals surface area contributed by atoms with Crippen LogP contribution in [0.25, 0.3) is 117 Å². The molecule has 0 bridgehead atoms. The molecule has 0 unspecified atom stereocenters. The van der Waals surface area contributed by atoms with Crippen molar-refractivity contribution in [3.05, 3.63) is 182 Å². The van der Waals surface area contributed by atoms with Gasteiger partial charge in [-0.1, -0.05) is 127 Å². The van der Waals surface area contributed by atoms with Crippen LogP contribution in [0, 0.1) is 0 Å². The quantitative estimate of drug-likeness (QED) is 0.176. The normalized spacial score (nSPS) is 11.9. The number of benzene rings is 8. The first-order chi connectivity index (χ1) is 28.2. The summed E-state index contributed by atoms with van der Waals surface area (Å²) in [5, 5.41) is 6.50. The van der Waals surface area contributed by atoms with Crippen LogP contribution in [0.5, 0.6) is 0 Å². The minimum Gasteiger partial charge on any atom is -0.456 e. The molecule has 0 aliphatic heterocycles. The second-order valence-electron chi connectivity index (χ2n) is 14.4. The molecule has 0 radical (unpaired) electrons. The maximum Gasteiger partial charge on any atom is 0.164 e. The SMILES string of the molecule is c1ccc(-c2ccc(-c3nc(-c4ccccc4)nc(-c4ccc5c(c4)oc4cc6c(cc45)oc4cc(-n5c7ccccc7c7ccccc75)ccc46)n3)cc2)cc1. The first kappa shape index (κ1) is 31.5. The summed E-state index contributed by atoms with van der Waals surface area (Å²) in [6, 6.07) is 62.7. The molecule has 266 valence electrons. The topological polar surface area (TPSA) is 69.9 Å². The molecular formula is C51H30N4O2. The Hall–Kier alpha value is -7.83. The number of furan rings is 2. The Labute approximate surface area is 325 Å². The summed E-state index contributed by atoms with van der Waals surface area (Å²) >= 11 is 0. The Bertz CT molecular complexity index is 3460. The van der Waals surface area contributed by atoms with E-state index in [1.165, 1.54) is 21.8 Å². The highest BCUT2D eigenvalue weighted by Gasteiger charge is 2.18. The van der Waals surface area contributed by atoms with Crippen LogP contribution in [0.2, 0.25) is 0 Å². The highest BCUT2D eigenvalue weighted by Crippen LogP contribution is 2.40. The van der Waals surface area contributed by atoms with Gasteiger partial charge in [0.05, 0.1) is 11.0 Å². The van der Waals surface area contributed by atoms with Crippen LogP contribution >= 0.6 is 0 Å². The van der Waals surface area contributed by atoms with Gasteiger partial charge in [-0.25, -0.2) is 15.0 Å². The molecule has 4 aromatic heterocycles. The Morgan fingerprint density at radius 2 is 0.719 bits per heavy atom. The summed E-state index contributed by atoms with van der Waals surface area (Å²) in [6.45, 7) is 0. The van der Waals surface area contributed by atoms with Crippen molar-refractivity contribution in [3.63, 3.8) is 0 Å². The average molecular weight is 731 g/mol. The van der Waals surface area contributed by atoms with Crippen LogP contribution in [0.1, 0.15) is 0 Å². The van der Waals surface area contributed by atoms with E-state index in [9.17, 15) is 0 Å². The minimum absolute atomic E-state index is 0.576. The van der Waals surface area contributed by atoms with Gasteiger partial charge in [0.15, 0.2) is 17.5 Å². The van der Waals surface area contributed by atoms with E-state index in [2.05, 4.69) is 144 Å². The first-order valence-corrected chi connectivity index (χ1v) is 19.0. The highest BCUT2D eigenvalue weighted by molar-refractivity contribution is 6.15. The minimum atomic E-state index is 0.576. The lowest BCUT2D eigenvalue weighted by atomic mass is 10.0. The molecule has 0 spiro atoms. The molecule has 57 heavy (non-hydrogen) atoms. The van der Waals surface area contributed by atoms with Crippen molar-refractivity contribution in [1.29, 1.82) is 0 Å². The molecule has 0 N–H and O–H groups in total. The third kappa shape index (κ3) is 5.08. The van der Waals surface area contributed by atoms with Crippen LogP contribution in [0.15, 0.2) is 191 Å². The Kier molecular flexibility index (Phi) is 6.83. The third-order valence-electron chi connectivity index (χ3n) is 11.1. The van der Waals surface area contributed by atoms with Gasteiger partial charge in [0.2, 0.25) is 0 Å². The van der Waals surface area contributed by atoms with Gasteiger partial charge in [-0.3, -0.25) is 0 Å². The first-order valence-electron chi connectivity index (χ1n) is 19.0. The third-order valence-corrected chi connectivity index (χ3v) is 11.1. The van der Waals surface area contributed by atoms with Crippen molar-refractivity contribution in [1.82, 2.24) is 19.5 Å². The molecule has 0 atom stereocenters. The lowest BCUT2D eigenvalue weighted by molar-refractivity contribution is 0.664. The van der Waals surface area contributed by atoms with Gasteiger partial charge >= 0.3 is 0 Å². The second-order valence-corrected chi connectivity index (χ2v) is 14.4. The maximum atomic E-state index is 6.60. The lowest BCUT2D eigenvalue weighted by Gasteiger charge is -2.09. The van der Waals surface area contributed by atoms with Crippen molar-refractivity contribution in [2.45, 2.75) is 0 Å². The van der Waals surface area contributed by atoms with Crippen molar-refractivity contribution in [3.8, 4) is 51.0 Å². The number of hydrogen-bond donors (Lipinski definition) is 0. The number of para-hydroxylation sites is 2. The molecule has 12 aromatic rings. The van der Waals surface area contributed by atoms with Gasteiger partial charge in [-0.2, -0.15) is 0 Å². The standard InChI is InChI=1S/C51H30N4O2/c1-3-11-31(12-4-1)32-19-21-34(22-20-32)50-52-49(33-13-5-2-6-14-33)53-51(54-50)35-23-25-39-41-29-48-42(30-47(41)56-45(39)27-35)40-26-24-36(28-46(40)57-48)55-43-17-9-7-15-37(43)38-16-8-10-18-44(38)55/h1-30H. The predicted molar refractivity (Wildman–Crippen MR) is 230 cm³/mol. The van der Waals surface area contributed by atoms with Crippen molar-refractivity contribution in [2.75, 3.05) is 0 Å². The fourth-order valence-corrected chi connectivity index (χ4v) is 8.31. The summed E-state index contributed by atoms with van der Waals surface area (Å²) in [4.78, 5) is 14.9. The molecule has 4 heterocycles. The predicted octanol–water partition coefficient (Wildman–Crippen LogP) is 13.4. The fraction of sp³-hybridized carbons (Fsp3) is 0. The van der Waals surface area contributed by atoms with Crippen LogP contribution in [0.3, 0.4) is 0 Å². The van der Waals surface area contributed by atoms with E-state index in [1.54, 1.807) is 0 Å². The molecule has 0 saturated heterocycles. The summed E-state index contributed by atoms with van der Waals surface area (Å²) in [7, 11) is 0. The van der Waals surface area contributed by atoms with E-state index in [1.807, 2.05) is 42.5 Å². The summed E-state index contributed by atoms with van der Waals surface area (Å²) < 4.78 is 15.5. The second kappa shape index (κ2) is 12.3. The van der Waals surface area contributed by atoms with Crippen LogP contribution in [-0.4, -0.2) is 19.5 Å². The van der Waals surface area contributed by atoms with Crippen molar-refractivity contribution < 1.29 is 8.83 Å². The van der Waals surface area contributed by atoms with Crippen LogP contribution < -0.4 is 0 Å². The summed E-state index contributed by atoms with van der Waals surface area (Å²) in [6.07, 6.45) is 0. The smallest absolute Gasteiger partial charge is 0.164 e. The summed E-state index contributed by atoms with van der Waals surface area (Å²) in [5.74, 6) is 1.80. The maximum absolute atomic E-state index is 6.60. The highest BCUT2D eigenvalue weighted by atomic mass is 16.3. The molecule has 0 fully saturated rings. The number of nitrogens with zero attached hydrogens (tertiary/aromatic N) is 4. The molecule has 0 aliphatic rings. The largest absolute Gasteiger partial charge is 0.456 e. The van der Waals surface area contributed by atoms with Crippen molar-refractivity contribution in [2.24, 2.45) is 0 Å². The van der Waals surface area contributed by atoms with E-state index >= 15 is 0 Å². The van der Waals surface area contributed by atoms with Gasteiger partial charge in [0.1, 0.15) is 22.3 Å². The molecule has 6 nitrogen and oxygen atoms in total. The Morgan fingerprint density at radius 3 is 1.33 bits per heavy atom. The van der Waals surface area contributed by atoms with E-state index < -0.39 is 0 Å². The van der Waals surface area contributed by atoms with E-state index in [0.29, 0.717) is 17.5 Å². The van der Waals surface area contributed by atoms with E-state index in [0.717, 1.165) is 77.4 Å². The number of fused-ring (bicyclic) bond motifs is 9. The van der Waals surface area contributed by atoms with E-state index in [4.69, 9.17) is 23.8 Å². The van der Waals surface area contributed by atoms with Gasteiger partial charge in [-0.05, 0) is 59.7 Å². The summed E-state index contributed by atoms with van der Waals surface area (Å²) in [5.41, 5.74) is 11.6. The molecule has 0 aliphatic carbocycles. The van der Waals surface area contributed by atoms with Gasteiger partial charge in [0.25, 0.3) is 0 Å². The molecule has 8 aromatic carbocycles. The molecule has 0 saturated carbocycles. The van der Waals surface area contributed by atoms with Gasteiger partial charge in [0, 0.05) is 60.8 Å². The average Bonchev–Trinajstić information content (AvgIpc) is 3.94.